The van der Waals surface area contributed by atoms with E-state index in [1.165, 1.54) is 0 Å². The molecule has 0 fully saturated rings. The van der Waals surface area contributed by atoms with Crippen LogP contribution in [-0.2, 0) is 16.0 Å². The summed E-state index contributed by atoms with van der Waals surface area (Å²) >= 11 is 0. The van der Waals surface area contributed by atoms with Crippen LogP contribution in [0.2, 0.25) is 0 Å². The molecule has 0 aliphatic carbocycles. The number of ether oxygens (including phenoxy) is 1. The summed E-state index contributed by atoms with van der Waals surface area (Å²) in [5.41, 5.74) is 5.49. The van der Waals surface area contributed by atoms with Crippen molar-refractivity contribution >= 4 is 23.2 Å². The van der Waals surface area contributed by atoms with Gasteiger partial charge in [-0.05, 0) is 56.2 Å². The number of fused-ring (bicyclic) bond motifs is 1. The van der Waals surface area contributed by atoms with Gasteiger partial charge >= 0.3 is 0 Å². The zero-order valence-corrected chi connectivity index (χ0v) is 15.5. The Hall–Kier alpha value is -2.66. The van der Waals surface area contributed by atoms with Crippen LogP contribution in [0.5, 0.6) is 0 Å². The van der Waals surface area contributed by atoms with Gasteiger partial charge in [-0.2, -0.15) is 0 Å². The molecule has 0 unspecified atom stereocenters. The predicted octanol–water partition coefficient (Wildman–Crippen LogP) is 3.48. The average Bonchev–Trinajstić information content (AvgIpc) is 2.60. The maximum Gasteiger partial charge on any atom is 0.255 e. The van der Waals surface area contributed by atoms with Gasteiger partial charge in [-0.1, -0.05) is 17.2 Å². The summed E-state index contributed by atoms with van der Waals surface area (Å²) in [6.07, 6.45) is 1.16. The summed E-state index contributed by atoms with van der Waals surface area (Å²) in [5, 5.41) is 2.96. The Bertz CT molecular complexity index is 825. The third kappa shape index (κ3) is 3.94. The van der Waals surface area contributed by atoms with Gasteiger partial charge in [0.1, 0.15) is 0 Å². The lowest BCUT2D eigenvalue weighted by molar-refractivity contribution is -0.119. The fraction of sp³-hybridized carbons (Fsp3) is 0.333. The Morgan fingerprint density at radius 3 is 2.54 bits per heavy atom. The first-order chi connectivity index (χ1) is 12.5. The molecular weight excluding hydrogens is 328 g/mol. The second-order valence-corrected chi connectivity index (χ2v) is 6.71. The number of carbonyl (C=O) groups is 2. The highest BCUT2D eigenvalue weighted by atomic mass is 16.5. The van der Waals surface area contributed by atoms with Crippen molar-refractivity contribution in [1.29, 1.82) is 0 Å². The molecular formula is C21H24N2O3. The molecule has 2 aromatic rings. The van der Waals surface area contributed by atoms with E-state index in [0.29, 0.717) is 31.6 Å². The van der Waals surface area contributed by atoms with E-state index in [-0.39, 0.29) is 11.8 Å². The van der Waals surface area contributed by atoms with E-state index in [9.17, 15) is 9.59 Å². The third-order valence-electron chi connectivity index (χ3n) is 4.54. The second-order valence-electron chi connectivity index (χ2n) is 6.71. The molecule has 5 nitrogen and oxygen atoms in total. The van der Waals surface area contributed by atoms with Gasteiger partial charge < -0.3 is 15.0 Å². The van der Waals surface area contributed by atoms with Gasteiger partial charge in [0.05, 0.1) is 6.61 Å². The highest BCUT2D eigenvalue weighted by molar-refractivity contribution is 6.05. The summed E-state index contributed by atoms with van der Waals surface area (Å²) in [4.78, 5) is 26.5. The van der Waals surface area contributed by atoms with Gasteiger partial charge in [0.25, 0.3) is 5.91 Å². The Kier molecular flexibility index (Phi) is 5.38. The Labute approximate surface area is 154 Å². The predicted molar refractivity (Wildman–Crippen MR) is 103 cm³/mol. The van der Waals surface area contributed by atoms with E-state index in [0.717, 1.165) is 28.1 Å². The van der Waals surface area contributed by atoms with Crippen molar-refractivity contribution in [3.8, 4) is 0 Å². The van der Waals surface area contributed by atoms with Crippen molar-refractivity contribution in [2.24, 2.45) is 0 Å². The van der Waals surface area contributed by atoms with Crippen LogP contribution in [0.3, 0.4) is 0 Å². The zero-order chi connectivity index (χ0) is 18.7. The Balaban J connectivity index is 1.80. The topological polar surface area (TPSA) is 58.6 Å². The highest BCUT2D eigenvalue weighted by Crippen LogP contribution is 2.30. The van der Waals surface area contributed by atoms with E-state index in [4.69, 9.17) is 4.74 Å². The molecule has 1 aliphatic heterocycles. The van der Waals surface area contributed by atoms with Crippen molar-refractivity contribution in [2.45, 2.75) is 26.7 Å². The van der Waals surface area contributed by atoms with Gasteiger partial charge in [-0.3, -0.25) is 9.59 Å². The number of hydrogen-bond acceptors (Lipinski definition) is 3. The molecule has 0 spiro atoms. The number of anilines is 2. The minimum atomic E-state index is -0.125. The molecule has 0 radical (unpaired) electrons. The number of benzene rings is 2. The molecule has 2 aromatic carbocycles. The maximum absolute atomic E-state index is 12.6. The molecule has 0 saturated carbocycles. The molecule has 3 rings (SSSR count). The van der Waals surface area contributed by atoms with E-state index in [1.807, 2.05) is 50.2 Å². The fourth-order valence-electron chi connectivity index (χ4n) is 3.37. The molecule has 0 aromatic heterocycles. The van der Waals surface area contributed by atoms with Gasteiger partial charge in [0.15, 0.2) is 0 Å². The lowest BCUT2D eigenvalue weighted by Gasteiger charge is -2.29. The molecule has 26 heavy (non-hydrogen) atoms. The monoisotopic (exact) mass is 352 g/mol. The van der Waals surface area contributed by atoms with E-state index < -0.39 is 0 Å². The minimum absolute atomic E-state index is 0.113. The molecule has 136 valence electrons. The first-order valence-electron chi connectivity index (χ1n) is 8.80. The number of amides is 2. The van der Waals surface area contributed by atoms with Crippen LogP contribution in [-0.4, -0.2) is 32.1 Å². The molecule has 0 bridgehead atoms. The molecule has 1 heterocycles. The van der Waals surface area contributed by atoms with Crippen molar-refractivity contribution in [3.63, 3.8) is 0 Å². The summed E-state index contributed by atoms with van der Waals surface area (Å²) in [7, 11) is 1.63. The first-order valence-corrected chi connectivity index (χ1v) is 8.80. The van der Waals surface area contributed by atoms with Gasteiger partial charge in [-0.25, -0.2) is 0 Å². The third-order valence-corrected chi connectivity index (χ3v) is 4.54. The number of hydrogen-bond donors (Lipinski definition) is 1. The molecule has 2 amide bonds. The number of rotatable bonds is 5. The largest absolute Gasteiger partial charge is 0.383 e. The van der Waals surface area contributed by atoms with E-state index in [2.05, 4.69) is 5.32 Å². The molecule has 5 heteroatoms. The Morgan fingerprint density at radius 2 is 1.85 bits per heavy atom. The van der Waals surface area contributed by atoms with Crippen molar-refractivity contribution in [3.05, 3.63) is 58.7 Å². The Morgan fingerprint density at radius 1 is 1.12 bits per heavy atom. The number of nitrogens with one attached hydrogen (secondary N) is 1. The normalized spacial score (nSPS) is 13.5. The number of methoxy groups -OCH3 is 1. The summed E-state index contributed by atoms with van der Waals surface area (Å²) in [6.45, 7) is 5.00. The smallest absolute Gasteiger partial charge is 0.255 e. The van der Waals surface area contributed by atoms with Crippen LogP contribution in [0.25, 0.3) is 0 Å². The molecule has 1 aliphatic rings. The highest BCUT2D eigenvalue weighted by Gasteiger charge is 2.24. The first kappa shape index (κ1) is 18.1. The average molecular weight is 352 g/mol. The maximum atomic E-state index is 12.6. The van der Waals surface area contributed by atoms with Gasteiger partial charge in [0.2, 0.25) is 5.91 Å². The lowest BCUT2D eigenvalue weighted by atomic mass is 10.00. The van der Waals surface area contributed by atoms with E-state index in [1.54, 1.807) is 12.0 Å². The van der Waals surface area contributed by atoms with Gasteiger partial charge in [-0.15, -0.1) is 0 Å². The second kappa shape index (κ2) is 7.70. The summed E-state index contributed by atoms with van der Waals surface area (Å²) in [5.74, 6) is -0.0125. The zero-order valence-electron chi connectivity index (χ0n) is 15.5. The lowest BCUT2D eigenvalue weighted by Crippen LogP contribution is -2.37. The van der Waals surface area contributed by atoms with Crippen LogP contribution in [0, 0.1) is 13.8 Å². The minimum Gasteiger partial charge on any atom is -0.383 e. The van der Waals surface area contributed by atoms with Crippen LogP contribution >= 0.6 is 0 Å². The standard InChI is InChI=1S/C21H24N2O3/c1-14-10-15(2)12-17(11-14)21(25)22-18-5-6-19-16(13-18)4-7-20(24)23(19)8-9-26-3/h5-6,10-13H,4,7-9H2,1-3H3,(H,22,25). The van der Waals surface area contributed by atoms with Gasteiger partial charge in [0, 0.05) is 37.0 Å². The van der Waals surface area contributed by atoms with Crippen LogP contribution in [0.1, 0.15) is 33.5 Å². The molecule has 0 atom stereocenters. The van der Waals surface area contributed by atoms with Crippen LogP contribution in [0.15, 0.2) is 36.4 Å². The van der Waals surface area contributed by atoms with Crippen molar-refractivity contribution in [1.82, 2.24) is 0 Å². The number of carbonyl (C=O) groups excluding carboxylic acids is 2. The SMILES string of the molecule is COCCN1C(=O)CCc2cc(NC(=O)c3cc(C)cc(C)c3)ccc21. The summed E-state index contributed by atoms with van der Waals surface area (Å²) < 4.78 is 5.10. The number of nitrogens with zero attached hydrogens (tertiary/aromatic N) is 1. The molecule has 1 N–H and O–H groups in total. The van der Waals surface area contributed by atoms with Crippen molar-refractivity contribution in [2.75, 3.05) is 30.5 Å². The summed E-state index contributed by atoms with van der Waals surface area (Å²) in [6, 6.07) is 11.5. The molecule has 0 saturated heterocycles. The van der Waals surface area contributed by atoms with E-state index >= 15 is 0 Å². The fourth-order valence-corrected chi connectivity index (χ4v) is 3.37. The number of aryl methyl sites for hydroxylation is 3. The van der Waals surface area contributed by atoms with Crippen molar-refractivity contribution < 1.29 is 14.3 Å². The van der Waals surface area contributed by atoms with Crippen LogP contribution < -0.4 is 10.2 Å². The quantitative estimate of drug-likeness (QED) is 0.896. The van der Waals surface area contributed by atoms with Crippen LogP contribution in [0.4, 0.5) is 11.4 Å².